The van der Waals surface area contributed by atoms with E-state index < -0.39 is 11.9 Å². The third kappa shape index (κ3) is 4.03. The van der Waals surface area contributed by atoms with Crippen LogP contribution in [0.3, 0.4) is 0 Å². The molecule has 0 saturated carbocycles. The van der Waals surface area contributed by atoms with Crippen LogP contribution in [0.1, 0.15) is 19.4 Å². The number of rotatable bonds is 5. The van der Waals surface area contributed by atoms with Crippen molar-refractivity contribution >= 4 is 5.91 Å². The molecule has 1 aromatic carbocycles. The average molecular weight is 240 g/mol. The van der Waals surface area contributed by atoms with Gasteiger partial charge in [-0.3, -0.25) is 4.79 Å². The quantitative estimate of drug-likeness (QED) is 0.812. The smallest absolute Gasteiger partial charge is 0.236 e. The maximum Gasteiger partial charge on any atom is 0.236 e. The molecule has 0 aliphatic carbocycles. The second-order valence-corrected chi connectivity index (χ2v) is 3.70. The van der Waals surface area contributed by atoms with Gasteiger partial charge in [0.05, 0.1) is 12.6 Å². The topological polar surface area (TPSA) is 64.3 Å². The number of carbonyl (C=O) groups excluding carboxylic acids is 1. The van der Waals surface area contributed by atoms with Crippen molar-refractivity contribution in [3.8, 4) is 5.75 Å². The molecule has 1 amide bonds. The highest BCUT2D eigenvalue weighted by Crippen LogP contribution is 2.18. The van der Waals surface area contributed by atoms with Gasteiger partial charge in [0, 0.05) is 6.54 Å². The minimum Gasteiger partial charge on any atom is -0.491 e. The maximum atomic E-state index is 13.5. The molecule has 3 N–H and O–H groups in total. The van der Waals surface area contributed by atoms with E-state index in [0.717, 1.165) is 0 Å². The fourth-order valence-corrected chi connectivity index (χ4v) is 1.28. The number of halogens is 1. The first-order valence-corrected chi connectivity index (χ1v) is 5.49. The minimum absolute atomic E-state index is 0.217. The Bertz CT molecular complexity index is 394. The Labute approximate surface area is 100.0 Å². The fourth-order valence-electron chi connectivity index (χ4n) is 1.28. The molecule has 0 bridgehead atoms. The van der Waals surface area contributed by atoms with Crippen LogP contribution in [0.5, 0.6) is 5.75 Å². The van der Waals surface area contributed by atoms with E-state index in [1.54, 1.807) is 26.0 Å². The van der Waals surface area contributed by atoms with Crippen molar-refractivity contribution in [3.63, 3.8) is 0 Å². The normalized spacial score (nSPS) is 12.0. The molecule has 1 rings (SSSR count). The van der Waals surface area contributed by atoms with Crippen LogP contribution in [-0.4, -0.2) is 18.6 Å². The van der Waals surface area contributed by atoms with E-state index in [9.17, 15) is 9.18 Å². The van der Waals surface area contributed by atoms with Crippen LogP contribution in [0.25, 0.3) is 0 Å². The summed E-state index contributed by atoms with van der Waals surface area (Å²) in [4.78, 5) is 11.2. The Balaban J connectivity index is 2.61. The Hall–Kier alpha value is -1.62. The number of ether oxygens (including phenoxy) is 1. The predicted octanol–water partition coefficient (Wildman–Crippen LogP) is 1.19. The highest BCUT2D eigenvalue weighted by atomic mass is 19.1. The lowest BCUT2D eigenvalue weighted by molar-refractivity contribution is -0.122. The molecule has 1 unspecified atom stereocenters. The summed E-state index contributed by atoms with van der Waals surface area (Å²) in [6.45, 7) is 4.05. The number of nitrogens with one attached hydrogen (secondary N) is 1. The summed E-state index contributed by atoms with van der Waals surface area (Å²) >= 11 is 0. The van der Waals surface area contributed by atoms with E-state index in [1.165, 1.54) is 6.07 Å². The summed E-state index contributed by atoms with van der Waals surface area (Å²) in [5.41, 5.74) is 6.05. The second-order valence-electron chi connectivity index (χ2n) is 3.70. The van der Waals surface area contributed by atoms with Gasteiger partial charge >= 0.3 is 0 Å². The molecule has 5 heteroatoms. The van der Waals surface area contributed by atoms with Crippen molar-refractivity contribution in [2.45, 2.75) is 26.4 Å². The van der Waals surface area contributed by atoms with E-state index in [2.05, 4.69) is 5.32 Å². The van der Waals surface area contributed by atoms with Crippen LogP contribution < -0.4 is 15.8 Å². The molecule has 0 aromatic heterocycles. The molecule has 4 nitrogen and oxygen atoms in total. The van der Waals surface area contributed by atoms with Crippen molar-refractivity contribution in [2.24, 2.45) is 5.73 Å². The van der Waals surface area contributed by atoms with E-state index in [1.807, 2.05) is 0 Å². The van der Waals surface area contributed by atoms with Crippen LogP contribution in [0.2, 0.25) is 0 Å². The van der Waals surface area contributed by atoms with Crippen molar-refractivity contribution < 1.29 is 13.9 Å². The monoisotopic (exact) mass is 240 g/mol. The van der Waals surface area contributed by atoms with Crippen LogP contribution in [0.15, 0.2) is 18.2 Å². The molecule has 0 heterocycles. The van der Waals surface area contributed by atoms with E-state index in [4.69, 9.17) is 10.5 Å². The highest BCUT2D eigenvalue weighted by molar-refractivity contribution is 5.80. The van der Waals surface area contributed by atoms with Crippen LogP contribution in [0, 0.1) is 5.82 Å². The summed E-state index contributed by atoms with van der Waals surface area (Å²) in [5.74, 6) is -0.478. The van der Waals surface area contributed by atoms with Gasteiger partial charge in [-0.2, -0.15) is 0 Å². The molecule has 94 valence electrons. The van der Waals surface area contributed by atoms with E-state index >= 15 is 0 Å². The first-order chi connectivity index (χ1) is 8.04. The minimum atomic E-state index is -0.567. The van der Waals surface area contributed by atoms with Crippen molar-refractivity contribution in [1.82, 2.24) is 5.32 Å². The zero-order valence-corrected chi connectivity index (χ0v) is 10.00. The molecule has 0 spiro atoms. The standard InChI is InChI=1S/C12H17FN2O2/c1-3-17-11-5-4-9(6-10(11)13)7-15-12(16)8(2)14/h4-6,8H,3,7,14H2,1-2H3,(H,15,16). The Morgan fingerprint density at radius 3 is 2.82 bits per heavy atom. The lowest BCUT2D eigenvalue weighted by atomic mass is 10.2. The van der Waals surface area contributed by atoms with Gasteiger partial charge in [-0.25, -0.2) is 4.39 Å². The molecule has 0 fully saturated rings. The maximum absolute atomic E-state index is 13.5. The number of amides is 1. The third-order valence-electron chi connectivity index (χ3n) is 2.18. The molecule has 0 radical (unpaired) electrons. The number of hydrogen-bond donors (Lipinski definition) is 2. The van der Waals surface area contributed by atoms with E-state index in [-0.39, 0.29) is 18.2 Å². The third-order valence-corrected chi connectivity index (χ3v) is 2.18. The zero-order valence-electron chi connectivity index (χ0n) is 10.00. The number of nitrogens with two attached hydrogens (primary N) is 1. The zero-order chi connectivity index (χ0) is 12.8. The fraction of sp³-hybridized carbons (Fsp3) is 0.417. The van der Waals surface area contributed by atoms with Crippen LogP contribution in [-0.2, 0) is 11.3 Å². The molecule has 1 aromatic rings. The Morgan fingerprint density at radius 2 is 2.29 bits per heavy atom. The summed E-state index contributed by atoms with van der Waals surface area (Å²) in [7, 11) is 0. The average Bonchev–Trinajstić information content (AvgIpc) is 2.29. The highest BCUT2D eigenvalue weighted by Gasteiger charge is 2.08. The first-order valence-electron chi connectivity index (χ1n) is 5.49. The molecule has 0 saturated heterocycles. The van der Waals surface area contributed by atoms with E-state index in [0.29, 0.717) is 12.2 Å². The summed E-state index contributed by atoms with van der Waals surface area (Å²) in [6, 6.07) is 4.02. The van der Waals surface area contributed by atoms with Gasteiger partial charge < -0.3 is 15.8 Å². The lowest BCUT2D eigenvalue weighted by Crippen LogP contribution is -2.37. The molecule has 0 aliphatic rings. The molecule has 17 heavy (non-hydrogen) atoms. The van der Waals surface area contributed by atoms with Crippen molar-refractivity contribution in [3.05, 3.63) is 29.6 Å². The van der Waals surface area contributed by atoms with Crippen LogP contribution >= 0.6 is 0 Å². The van der Waals surface area contributed by atoms with Gasteiger partial charge in [0.15, 0.2) is 11.6 Å². The van der Waals surface area contributed by atoms with Gasteiger partial charge in [-0.05, 0) is 31.5 Å². The van der Waals surface area contributed by atoms with Crippen LogP contribution in [0.4, 0.5) is 4.39 Å². The predicted molar refractivity (Wildman–Crippen MR) is 63.1 cm³/mol. The number of hydrogen-bond acceptors (Lipinski definition) is 3. The lowest BCUT2D eigenvalue weighted by Gasteiger charge is -2.09. The Kier molecular flexibility index (Phi) is 4.90. The van der Waals surface area contributed by atoms with Gasteiger partial charge in [-0.1, -0.05) is 6.07 Å². The number of carbonyl (C=O) groups is 1. The number of benzene rings is 1. The van der Waals surface area contributed by atoms with Gasteiger partial charge in [0.25, 0.3) is 0 Å². The Morgan fingerprint density at radius 1 is 1.59 bits per heavy atom. The van der Waals surface area contributed by atoms with Crippen molar-refractivity contribution in [1.29, 1.82) is 0 Å². The largest absolute Gasteiger partial charge is 0.491 e. The second kappa shape index (κ2) is 6.20. The SMILES string of the molecule is CCOc1ccc(CNC(=O)C(C)N)cc1F. The molecule has 1 atom stereocenters. The summed E-state index contributed by atoms with van der Waals surface area (Å²) in [6.07, 6.45) is 0. The summed E-state index contributed by atoms with van der Waals surface area (Å²) < 4.78 is 18.5. The first kappa shape index (κ1) is 13.4. The summed E-state index contributed by atoms with van der Waals surface area (Å²) in [5, 5.41) is 2.61. The molecular formula is C12H17FN2O2. The van der Waals surface area contributed by atoms with Gasteiger partial charge in [-0.15, -0.1) is 0 Å². The van der Waals surface area contributed by atoms with Gasteiger partial charge in [0.2, 0.25) is 5.91 Å². The molecule has 0 aliphatic heterocycles. The van der Waals surface area contributed by atoms with Crippen molar-refractivity contribution in [2.75, 3.05) is 6.61 Å². The molecular weight excluding hydrogens is 223 g/mol. The van der Waals surface area contributed by atoms with Gasteiger partial charge in [0.1, 0.15) is 0 Å².